The molecule has 0 aliphatic rings. The number of nitrogens with zero attached hydrogens (tertiary/aromatic N) is 2. The first-order valence-corrected chi connectivity index (χ1v) is 7.39. The Morgan fingerprint density at radius 2 is 2.09 bits per heavy atom. The Balaban J connectivity index is 1.84. The molecular weight excluding hydrogens is 278 g/mol. The molecule has 1 unspecified atom stereocenters. The lowest BCUT2D eigenvalue weighted by molar-refractivity contribution is 0.168. The molecule has 2 aromatic heterocycles. The lowest BCUT2D eigenvalue weighted by Gasteiger charge is -2.12. The highest BCUT2D eigenvalue weighted by atomic mass is 16.5. The molecular formula is C17H19N3O2. The molecule has 1 aromatic carbocycles. The first-order chi connectivity index (χ1) is 10.7. The van der Waals surface area contributed by atoms with Gasteiger partial charge in [-0.2, -0.15) is 0 Å². The number of rotatable bonds is 5. The minimum Gasteiger partial charge on any atom is -0.493 e. The van der Waals surface area contributed by atoms with Crippen LogP contribution in [-0.4, -0.2) is 26.7 Å². The summed E-state index contributed by atoms with van der Waals surface area (Å²) in [7, 11) is 0. The fourth-order valence-corrected chi connectivity index (χ4v) is 2.49. The molecule has 0 saturated carbocycles. The van der Waals surface area contributed by atoms with E-state index in [0.29, 0.717) is 18.9 Å². The van der Waals surface area contributed by atoms with Crippen molar-refractivity contribution in [2.24, 2.45) is 0 Å². The molecule has 0 radical (unpaired) electrons. The predicted molar refractivity (Wildman–Crippen MR) is 84.9 cm³/mol. The molecule has 0 saturated heterocycles. The molecule has 5 nitrogen and oxygen atoms in total. The van der Waals surface area contributed by atoms with Crippen LogP contribution in [0.1, 0.15) is 30.1 Å². The second-order valence-electron chi connectivity index (χ2n) is 5.17. The van der Waals surface area contributed by atoms with Gasteiger partial charge in [0.1, 0.15) is 17.7 Å². The van der Waals surface area contributed by atoms with E-state index in [0.717, 1.165) is 28.0 Å². The van der Waals surface area contributed by atoms with E-state index >= 15 is 0 Å². The summed E-state index contributed by atoms with van der Waals surface area (Å²) < 4.78 is 5.57. The number of aromatic nitrogens is 3. The topological polar surface area (TPSA) is 71.0 Å². The van der Waals surface area contributed by atoms with E-state index in [4.69, 9.17) is 4.74 Å². The summed E-state index contributed by atoms with van der Waals surface area (Å²) in [4.78, 5) is 11.9. The summed E-state index contributed by atoms with van der Waals surface area (Å²) in [6.45, 7) is 4.51. The summed E-state index contributed by atoms with van der Waals surface area (Å²) in [5.41, 5.74) is 3.55. The van der Waals surface area contributed by atoms with Crippen molar-refractivity contribution in [3.8, 4) is 5.75 Å². The molecule has 2 heterocycles. The van der Waals surface area contributed by atoms with Crippen molar-refractivity contribution in [2.45, 2.75) is 26.4 Å². The molecule has 0 aliphatic heterocycles. The second-order valence-corrected chi connectivity index (χ2v) is 5.17. The van der Waals surface area contributed by atoms with Gasteiger partial charge < -0.3 is 14.8 Å². The van der Waals surface area contributed by atoms with E-state index in [1.165, 1.54) is 0 Å². The van der Waals surface area contributed by atoms with Crippen LogP contribution in [0.15, 0.2) is 36.5 Å². The number of aliphatic hydroxyl groups is 1. The zero-order valence-corrected chi connectivity index (χ0v) is 12.7. The van der Waals surface area contributed by atoms with Gasteiger partial charge in [0, 0.05) is 23.9 Å². The monoisotopic (exact) mass is 297 g/mol. The molecule has 0 aliphatic carbocycles. The largest absolute Gasteiger partial charge is 0.493 e. The molecule has 3 aromatic rings. The maximum absolute atomic E-state index is 10.4. The average molecular weight is 297 g/mol. The van der Waals surface area contributed by atoms with Crippen molar-refractivity contribution < 1.29 is 9.84 Å². The number of pyridine rings is 1. The minimum atomic E-state index is -0.726. The quantitative estimate of drug-likeness (QED) is 0.759. The predicted octanol–water partition coefficient (Wildman–Crippen LogP) is 2.94. The van der Waals surface area contributed by atoms with Gasteiger partial charge in [-0.15, -0.1) is 0 Å². The molecule has 0 fully saturated rings. The fourth-order valence-electron chi connectivity index (χ4n) is 2.49. The van der Waals surface area contributed by atoms with Crippen LogP contribution in [0.2, 0.25) is 0 Å². The van der Waals surface area contributed by atoms with Gasteiger partial charge >= 0.3 is 0 Å². The van der Waals surface area contributed by atoms with Crippen LogP contribution in [0, 0.1) is 6.92 Å². The third-order valence-corrected chi connectivity index (χ3v) is 3.67. The van der Waals surface area contributed by atoms with E-state index in [-0.39, 0.29) is 0 Å². The molecule has 5 heteroatoms. The maximum atomic E-state index is 10.4. The van der Waals surface area contributed by atoms with Gasteiger partial charge in [0.2, 0.25) is 0 Å². The summed E-state index contributed by atoms with van der Waals surface area (Å²) in [6.07, 6.45) is 1.38. The van der Waals surface area contributed by atoms with Crippen molar-refractivity contribution in [2.75, 3.05) is 6.61 Å². The lowest BCUT2D eigenvalue weighted by atomic mass is 10.1. The van der Waals surface area contributed by atoms with Gasteiger partial charge in [0.15, 0.2) is 0 Å². The molecule has 0 spiro atoms. The normalized spacial score (nSPS) is 12.5. The van der Waals surface area contributed by atoms with Crippen molar-refractivity contribution in [3.63, 3.8) is 0 Å². The average Bonchev–Trinajstić information content (AvgIpc) is 2.95. The highest BCUT2D eigenvalue weighted by molar-refractivity contribution is 5.74. The van der Waals surface area contributed by atoms with Gasteiger partial charge in [-0.1, -0.05) is 12.1 Å². The number of imidazole rings is 1. The number of aliphatic hydroxyl groups excluding tert-OH is 1. The van der Waals surface area contributed by atoms with Gasteiger partial charge in [-0.05, 0) is 32.0 Å². The molecule has 2 N–H and O–H groups in total. The van der Waals surface area contributed by atoms with Crippen LogP contribution >= 0.6 is 0 Å². The lowest BCUT2D eigenvalue weighted by Crippen LogP contribution is -2.08. The summed E-state index contributed by atoms with van der Waals surface area (Å²) in [6, 6.07) is 9.57. The van der Waals surface area contributed by atoms with Gasteiger partial charge in [-0.25, -0.2) is 4.98 Å². The Kier molecular flexibility index (Phi) is 4.06. The van der Waals surface area contributed by atoms with E-state index < -0.39 is 6.10 Å². The summed E-state index contributed by atoms with van der Waals surface area (Å²) in [5, 5.41) is 10.4. The Labute approximate surface area is 129 Å². The van der Waals surface area contributed by atoms with E-state index in [9.17, 15) is 5.11 Å². The third-order valence-electron chi connectivity index (χ3n) is 3.67. The first-order valence-electron chi connectivity index (χ1n) is 7.39. The SMILES string of the molecule is CCOc1ccnc(CC(O)c2nc3ccccc3[nH]2)c1C. The molecule has 22 heavy (non-hydrogen) atoms. The van der Waals surface area contributed by atoms with Gasteiger partial charge in [0.25, 0.3) is 0 Å². The van der Waals surface area contributed by atoms with E-state index in [2.05, 4.69) is 15.0 Å². The summed E-state index contributed by atoms with van der Waals surface area (Å²) in [5.74, 6) is 1.37. The number of fused-ring (bicyclic) bond motifs is 1. The van der Waals surface area contributed by atoms with E-state index in [1.807, 2.05) is 44.2 Å². The molecule has 0 amide bonds. The minimum absolute atomic E-state index is 0.395. The number of benzene rings is 1. The Hall–Kier alpha value is -2.40. The number of hydrogen-bond donors (Lipinski definition) is 2. The van der Waals surface area contributed by atoms with Crippen LogP contribution in [0.3, 0.4) is 0 Å². The number of hydrogen-bond acceptors (Lipinski definition) is 4. The first kappa shape index (κ1) is 14.5. The highest BCUT2D eigenvalue weighted by Crippen LogP contribution is 2.24. The third kappa shape index (κ3) is 2.80. The van der Waals surface area contributed by atoms with Gasteiger partial charge in [-0.3, -0.25) is 4.98 Å². The molecule has 3 rings (SSSR count). The van der Waals surface area contributed by atoms with Crippen LogP contribution < -0.4 is 4.74 Å². The zero-order valence-electron chi connectivity index (χ0n) is 12.7. The number of nitrogens with one attached hydrogen (secondary N) is 1. The number of para-hydroxylation sites is 2. The van der Waals surface area contributed by atoms with Crippen molar-refractivity contribution >= 4 is 11.0 Å². The fraction of sp³-hybridized carbons (Fsp3) is 0.294. The van der Waals surface area contributed by atoms with Crippen molar-refractivity contribution in [1.29, 1.82) is 0 Å². The Morgan fingerprint density at radius 3 is 2.86 bits per heavy atom. The van der Waals surface area contributed by atoms with Crippen LogP contribution in [0.5, 0.6) is 5.75 Å². The Morgan fingerprint density at radius 1 is 1.27 bits per heavy atom. The smallest absolute Gasteiger partial charge is 0.136 e. The van der Waals surface area contributed by atoms with Crippen LogP contribution in [0.25, 0.3) is 11.0 Å². The number of H-pyrrole nitrogens is 1. The summed E-state index contributed by atoms with van der Waals surface area (Å²) >= 11 is 0. The highest BCUT2D eigenvalue weighted by Gasteiger charge is 2.16. The van der Waals surface area contributed by atoms with Crippen LogP contribution in [-0.2, 0) is 6.42 Å². The maximum Gasteiger partial charge on any atom is 0.136 e. The number of aromatic amines is 1. The van der Waals surface area contributed by atoms with Crippen molar-refractivity contribution in [3.05, 3.63) is 53.6 Å². The van der Waals surface area contributed by atoms with Gasteiger partial charge in [0.05, 0.1) is 17.6 Å². The molecule has 114 valence electrons. The standard InChI is InChI=1S/C17H19N3O2/c1-3-22-16-8-9-18-14(11(16)2)10-15(21)17-19-12-6-4-5-7-13(12)20-17/h4-9,15,21H,3,10H2,1-2H3,(H,19,20). The van der Waals surface area contributed by atoms with E-state index in [1.54, 1.807) is 6.20 Å². The van der Waals surface area contributed by atoms with Crippen LogP contribution in [0.4, 0.5) is 0 Å². The number of ether oxygens (including phenoxy) is 1. The Bertz CT molecular complexity index is 749. The van der Waals surface area contributed by atoms with Crippen molar-refractivity contribution in [1.82, 2.24) is 15.0 Å². The molecule has 1 atom stereocenters. The second kappa shape index (κ2) is 6.15. The molecule has 0 bridgehead atoms. The zero-order chi connectivity index (χ0) is 15.5.